The molecule has 0 bridgehead atoms. The van der Waals surface area contributed by atoms with Crippen molar-refractivity contribution in [1.82, 2.24) is 10.3 Å². The summed E-state index contributed by atoms with van der Waals surface area (Å²) < 4.78 is 5.82. The monoisotopic (exact) mass is 490 g/mol. The number of nitrogens with zero attached hydrogens (tertiary/aromatic N) is 1. The molecule has 0 spiro atoms. The molecule has 1 unspecified atom stereocenters. The number of carboxylic acids is 1. The van der Waals surface area contributed by atoms with Crippen LogP contribution < -0.4 is 16.4 Å². The van der Waals surface area contributed by atoms with Crippen LogP contribution in [-0.4, -0.2) is 33.9 Å². The molecule has 3 aromatic rings. The molecule has 0 saturated heterocycles. The molecular formula is C22H20Cl2N4O5. The van der Waals surface area contributed by atoms with Crippen molar-refractivity contribution in [1.29, 1.82) is 0 Å². The van der Waals surface area contributed by atoms with E-state index < -0.39 is 23.8 Å². The van der Waals surface area contributed by atoms with Gasteiger partial charge in [0.15, 0.2) is 0 Å². The summed E-state index contributed by atoms with van der Waals surface area (Å²) in [5.41, 5.74) is 5.78. The number of amides is 2. The van der Waals surface area contributed by atoms with Gasteiger partial charge in [-0.05, 0) is 42.8 Å². The van der Waals surface area contributed by atoms with Gasteiger partial charge < -0.3 is 20.6 Å². The van der Waals surface area contributed by atoms with E-state index in [4.69, 9.17) is 33.4 Å². The minimum Gasteiger partial charge on any atom is -0.478 e. The average Bonchev–Trinajstić information content (AvgIpc) is 3.24. The lowest BCUT2D eigenvalue weighted by atomic mass is 10.1. The van der Waals surface area contributed by atoms with Gasteiger partial charge in [-0.3, -0.25) is 19.9 Å². The van der Waals surface area contributed by atoms with E-state index in [1.54, 1.807) is 30.3 Å². The highest BCUT2D eigenvalue weighted by Gasteiger charge is 2.22. The lowest BCUT2D eigenvalue weighted by Crippen LogP contribution is -2.41. The molecule has 1 aromatic carbocycles. The van der Waals surface area contributed by atoms with Gasteiger partial charge in [-0.2, -0.15) is 0 Å². The zero-order valence-corrected chi connectivity index (χ0v) is 18.7. The Labute approximate surface area is 198 Å². The molecule has 11 heteroatoms. The van der Waals surface area contributed by atoms with Crippen molar-refractivity contribution in [3.05, 3.63) is 70.2 Å². The van der Waals surface area contributed by atoms with E-state index >= 15 is 0 Å². The minimum atomic E-state index is -1.23. The average molecular weight is 491 g/mol. The van der Waals surface area contributed by atoms with Crippen molar-refractivity contribution in [3.8, 4) is 11.3 Å². The predicted octanol–water partition coefficient (Wildman–Crippen LogP) is 3.71. The number of carbonyl (C=O) groups excluding carboxylic acids is 2. The Morgan fingerprint density at radius 3 is 2.67 bits per heavy atom. The fourth-order valence-corrected chi connectivity index (χ4v) is 3.42. The van der Waals surface area contributed by atoms with Crippen LogP contribution in [-0.2, 0) is 16.1 Å². The summed E-state index contributed by atoms with van der Waals surface area (Å²) in [4.78, 5) is 39.2. The number of hydrogen-bond donors (Lipinski definition) is 4. The topological polar surface area (TPSA) is 148 Å². The molecule has 2 amide bonds. The fourth-order valence-electron chi connectivity index (χ4n) is 3.03. The van der Waals surface area contributed by atoms with Gasteiger partial charge in [-0.15, -0.1) is 0 Å². The molecular weight excluding hydrogens is 471 g/mol. The number of aromatic nitrogens is 1. The maximum absolute atomic E-state index is 12.8. The first kappa shape index (κ1) is 24.2. The van der Waals surface area contributed by atoms with Gasteiger partial charge in [0.05, 0.1) is 23.3 Å². The number of primary amides is 1. The van der Waals surface area contributed by atoms with Crippen LogP contribution >= 0.6 is 23.2 Å². The van der Waals surface area contributed by atoms with Crippen LogP contribution in [0.15, 0.2) is 53.2 Å². The number of furan rings is 1. The van der Waals surface area contributed by atoms with Gasteiger partial charge in [0.1, 0.15) is 17.1 Å². The summed E-state index contributed by atoms with van der Waals surface area (Å²) in [6, 6.07) is 8.97. The van der Waals surface area contributed by atoms with E-state index in [9.17, 15) is 19.5 Å². The van der Waals surface area contributed by atoms with Gasteiger partial charge in [0, 0.05) is 29.4 Å². The lowest BCUT2D eigenvalue weighted by Gasteiger charge is -2.18. The van der Waals surface area contributed by atoms with Crippen LogP contribution in [0.4, 0.5) is 5.69 Å². The number of hydrogen-bond acceptors (Lipinski definition) is 6. The molecule has 0 aliphatic carbocycles. The maximum atomic E-state index is 12.8. The van der Waals surface area contributed by atoms with Gasteiger partial charge in [-0.1, -0.05) is 23.2 Å². The number of nitrogens with one attached hydrogen (secondary N) is 2. The molecule has 0 saturated carbocycles. The molecule has 0 radical (unpaired) electrons. The van der Waals surface area contributed by atoms with Gasteiger partial charge in [-0.25, -0.2) is 4.79 Å². The third-order valence-electron chi connectivity index (χ3n) is 4.68. The largest absolute Gasteiger partial charge is 0.478 e. The van der Waals surface area contributed by atoms with E-state index in [0.717, 1.165) is 6.20 Å². The molecule has 1 atom stereocenters. The number of aromatic carboxylic acids is 1. The third kappa shape index (κ3) is 6.55. The van der Waals surface area contributed by atoms with Gasteiger partial charge in [0.25, 0.3) is 0 Å². The Hall–Kier alpha value is -3.40. The van der Waals surface area contributed by atoms with E-state index in [1.807, 2.05) is 0 Å². The van der Waals surface area contributed by atoms with Crippen LogP contribution in [0, 0.1) is 0 Å². The maximum Gasteiger partial charge on any atom is 0.339 e. The Morgan fingerprint density at radius 2 is 1.94 bits per heavy atom. The minimum absolute atomic E-state index is 0.0469. The molecule has 0 fully saturated rings. The highest BCUT2D eigenvalue weighted by molar-refractivity contribution is 6.35. The SMILES string of the molecule is NC(=O)CCC(NCc1ccc(-c2cc(Cl)ccc2Cl)o1)C(=O)Nc1ccncc1C(=O)O. The predicted molar refractivity (Wildman–Crippen MR) is 123 cm³/mol. The first-order valence-electron chi connectivity index (χ1n) is 9.78. The van der Waals surface area contributed by atoms with Crippen molar-refractivity contribution < 1.29 is 23.9 Å². The number of anilines is 1. The van der Waals surface area contributed by atoms with Gasteiger partial charge in [0.2, 0.25) is 11.8 Å². The smallest absolute Gasteiger partial charge is 0.339 e. The van der Waals surface area contributed by atoms with Crippen LogP contribution in [0.25, 0.3) is 11.3 Å². The molecule has 2 heterocycles. The van der Waals surface area contributed by atoms with Crippen molar-refractivity contribution >= 4 is 46.7 Å². The molecule has 0 aliphatic heterocycles. The Balaban J connectivity index is 1.72. The zero-order valence-electron chi connectivity index (χ0n) is 17.2. The zero-order chi connectivity index (χ0) is 24.0. The summed E-state index contributed by atoms with van der Waals surface area (Å²) in [7, 11) is 0. The number of pyridine rings is 1. The second kappa shape index (κ2) is 11.0. The molecule has 33 heavy (non-hydrogen) atoms. The van der Waals surface area contributed by atoms with Crippen molar-refractivity contribution in [2.45, 2.75) is 25.4 Å². The number of nitrogens with two attached hydrogens (primary N) is 1. The molecule has 5 N–H and O–H groups in total. The van der Waals surface area contributed by atoms with E-state index in [1.165, 1.54) is 12.3 Å². The molecule has 2 aromatic heterocycles. The molecule has 9 nitrogen and oxygen atoms in total. The number of rotatable bonds is 10. The van der Waals surface area contributed by atoms with Crippen molar-refractivity contribution in [2.24, 2.45) is 5.73 Å². The fraction of sp³-hybridized carbons (Fsp3) is 0.182. The summed E-state index contributed by atoms with van der Waals surface area (Å²) in [6.45, 7) is 0.150. The number of benzene rings is 1. The summed E-state index contributed by atoms with van der Waals surface area (Å²) in [5, 5.41) is 15.8. The molecule has 0 aliphatic rings. The number of carboxylic acid groups (broad SMARTS) is 1. The third-order valence-corrected chi connectivity index (χ3v) is 5.25. The molecule has 172 valence electrons. The van der Waals surface area contributed by atoms with Crippen LogP contribution in [0.5, 0.6) is 0 Å². The second-order valence-corrected chi connectivity index (χ2v) is 7.89. The van der Waals surface area contributed by atoms with Crippen LogP contribution in [0.2, 0.25) is 10.0 Å². The quantitative estimate of drug-likeness (QED) is 0.338. The van der Waals surface area contributed by atoms with Gasteiger partial charge >= 0.3 is 5.97 Å². The summed E-state index contributed by atoms with van der Waals surface area (Å²) in [5.74, 6) is -1.33. The summed E-state index contributed by atoms with van der Waals surface area (Å²) >= 11 is 12.2. The molecule has 3 rings (SSSR count). The van der Waals surface area contributed by atoms with Crippen LogP contribution in [0.3, 0.4) is 0 Å². The highest BCUT2D eigenvalue weighted by Crippen LogP contribution is 2.31. The van der Waals surface area contributed by atoms with Crippen molar-refractivity contribution in [3.63, 3.8) is 0 Å². The lowest BCUT2D eigenvalue weighted by molar-refractivity contribution is -0.119. The Bertz CT molecular complexity index is 1180. The first-order chi connectivity index (χ1) is 15.7. The summed E-state index contributed by atoms with van der Waals surface area (Å²) in [6.07, 6.45) is 2.55. The van der Waals surface area contributed by atoms with Crippen LogP contribution in [0.1, 0.15) is 29.0 Å². The Kier molecular flexibility index (Phi) is 8.05. The van der Waals surface area contributed by atoms with E-state index in [2.05, 4.69) is 15.6 Å². The van der Waals surface area contributed by atoms with E-state index in [-0.39, 0.29) is 30.6 Å². The Morgan fingerprint density at radius 1 is 1.15 bits per heavy atom. The van der Waals surface area contributed by atoms with E-state index in [0.29, 0.717) is 27.1 Å². The standard InChI is InChI=1S/C22H20Cl2N4O5/c23-12-1-3-16(24)14(9-12)19-5-2-13(33-19)10-27-18(4-6-20(25)29)21(30)28-17-7-8-26-11-15(17)22(31)32/h1-3,5,7-9,11,18,27H,4,6,10H2,(H2,25,29)(H,31,32)(H,26,28,30). The number of halogens is 2. The second-order valence-electron chi connectivity index (χ2n) is 7.04. The first-order valence-corrected chi connectivity index (χ1v) is 10.5. The normalized spacial score (nSPS) is 11.7. The van der Waals surface area contributed by atoms with Crippen molar-refractivity contribution in [2.75, 3.05) is 5.32 Å². The highest BCUT2D eigenvalue weighted by atomic mass is 35.5. The number of carbonyl (C=O) groups is 3.